The fraction of sp³-hybridized carbons (Fsp3) is 0.526. The van der Waals surface area contributed by atoms with Crippen LogP contribution >= 0.6 is 0 Å². The summed E-state index contributed by atoms with van der Waals surface area (Å²) >= 11 is 0. The van der Waals surface area contributed by atoms with Crippen LogP contribution in [-0.2, 0) is 6.54 Å². The molecular weight excluding hydrogens is 270 g/mol. The van der Waals surface area contributed by atoms with Crippen LogP contribution in [0.25, 0.3) is 10.9 Å². The predicted molar refractivity (Wildman–Crippen MR) is 90.8 cm³/mol. The number of hydrogen-bond donors (Lipinski definition) is 0. The highest BCUT2D eigenvalue weighted by Crippen LogP contribution is 2.36. The fourth-order valence-electron chi connectivity index (χ4n) is 3.93. The average Bonchev–Trinajstić information content (AvgIpc) is 2.51. The number of fused-ring (bicyclic) bond motifs is 3. The Bertz CT molecular complexity index is 676. The molecule has 2 bridgehead atoms. The van der Waals surface area contributed by atoms with Gasteiger partial charge in [-0.3, -0.25) is 14.8 Å². The number of nitrogens with zero attached hydrogens (tertiary/aromatic N) is 3. The molecule has 0 aliphatic carbocycles. The van der Waals surface area contributed by atoms with Crippen LogP contribution in [0, 0.1) is 0 Å². The van der Waals surface area contributed by atoms with E-state index in [0.29, 0.717) is 5.54 Å². The number of rotatable bonds is 2. The smallest absolute Gasteiger partial charge is 0.0702 e. The summed E-state index contributed by atoms with van der Waals surface area (Å²) < 4.78 is 0. The van der Waals surface area contributed by atoms with Crippen molar-refractivity contribution in [1.29, 1.82) is 0 Å². The summed E-state index contributed by atoms with van der Waals surface area (Å²) in [5.74, 6) is 0. The van der Waals surface area contributed by atoms with E-state index in [1.807, 2.05) is 12.3 Å². The molecule has 2 aromatic rings. The average molecular weight is 295 g/mol. The van der Waals surface area contributed by atoms with Crippen molar-refractivity contribution in [2.24, 2.45) is 0 Å². The van der Waals surface area contributed by atoms with E-state index >= 15 is 0 Å². The van der Waals surface area contributed by atoms with Gasteiger partial charge in [0.25, 0.3) is 0 Å². The molecule has 3 nitrogen and oxygen atoms in total. The summed E-state index contributed by atoms with van der Waals surface area (Å²) in [5.41, 5.74) is 2.81. The van der Waals surface area contributed by atoms with Gasteiger partial charge in [0.05, 0.1) is 5.52 Å². The second-order valence-electron chi connectivity index (χ2n) is 7.82. The van der Waals surface area contributed by atoms with Gasteiger partial charge < -0.3 is 0 Å². The Labute approximate surface area is 132 Å². The largest absolute Gasteiger partial charge is 0.295 e. The molecule has 2 unspecified atom stereocenters. The highest BCUT2D eigenvalue weighted by molar-refractivity contribution is 5.78. The molecule has 0 amide bonds. The van der Waals surface area contributed by atoms with E-state index in [1.54, 1.807) is 0 Å². The molecule has 3 fully saturated rings. The van der Waals surface area contributed by atoms with Crippen LogP contribution in [0.3, 0.4) is 0 Å². The number of hydrogen-bond acceptors (Lipinski definition) is 3. The molecule has 1 aromatic carbocycles. The first-order valence-electron chi connectivity index (χ1n) is 8.35. The molecule has 2 atom stereocenters. The third-order valence-electron chi connectivity index (χ3n) is 5.33. The molecule has 116 valence electrons. The van der Waals surface area contributed by atoms with Crippen LogP contribution in [0.1, 0.15) is 32.8 Å². The highest BCUT2D eigenvalue weighted by atomic mass is 15.4. The van der Waals surface area contributed by atoms with Gasteiger partial charge >= 0.3 is 0 Å². The summed E-state index contributed by atoms with van der Waals surface area (Å²) in [6.07, 6.45) is 3.24. The van der Waals surface area contributed by atoms with Crippen LogP contribution in [-0.4, -0.2) is 45.5 Å². The van der Waals surface area contributed by atoms with Crippen molar-refractivity contribution < 1.29 is 0 Å². The zero-order chi connectivity index (χ0) is 15.3. The van der Waals surface area contributed by atoms with E-state index in [2.05, 4.69) is 59.8 Å². The standard InChI is InChI=1S/C19H25N3/c1-19(2,3)21-12-16-10-17(13-21)22(16)11-14-6-7-18-15(9-14)5-4-8-20-18/h4-9,16-17H,10-13H2,1-3H3. The molecule has 3 saturated heterocycles. The Morgan fingerprint density at radius 3 is 2.64 bits per heavy atom. The van der Waals surface area contributed by atoms with Crippen molar-refractivity contribution in [3.63, 3.8) is 0 Å². The molecule has 5 rings (SSSR count). The van der Waals surface area contributed by atoms with Gasteiger partial charge in [0.15, 0.2) is 0 Å². The molecule has 22 heavy (non-hydrogen) atoms. The lowest BCUT2D eigenvalue weighted by atomic mass is 9.84. The number of aromatic nitrogens is 1. The SMILES string of the molecule is CC(C)(C)N1CC2CC(C1)N2Cc1ccc2ncccc2c1. The highest BCUT2D eigenvalue weighted by Gasteiger charge is 2.46. The Morgan fingerprint density at radius 1 is 1.14 bits per heavy atom. The first-order chi connectivity index (χ1) is 10.5. The van der Waals surface area contributed by atoms with Gasteiger partial charge in [-0.05, 0) is 51.0 Å². The number of piperidine rings is 1. The van der Waals surface area contributed by atoms with E-state index in [-0.39, 0.29) is 0 Å². The number of piperazine rings is 1. The Balaban J connectivity index is 1.48. The number of pyridine rings is 1. The van der Waals surface area contributed by atoms with E-state index in [9.17, 15) is 0 Å². The van der Waals surface area contributed by atoms with Crippen molar-refractivity contribution >= 4 is 10.9 Å². The molecule has 0 N–H and O–H groups in total. The van der Waals surface area contributed by atoms with Crippen LogP contribution in [0.5, 0.6) is 0 Å². The maximum Gasteiger partial charge on any atom is 0.0702 e. The molecular formula is C19H25N3. The first-order valence-corrected chi connectivity index (χ1v) is 8.35. The van der Waals surface area contributed by atoms with Crippen LogP contribution in [0.15, 0.2) is 36.5 Å². The van der Waals surface area contributed by atoms with Crippen molar-refractivity contribution in [3.8, 4) is 0 Å². The van der Waals surface area contributed by atoms with Crippen LogP contribution < -0.4 is 0 Å². The number of benzene rings is 1. The summed E-state index contributed by atoms with van der Waals surface area (Å²) in [5, 5.41) is 1.25. The van der Waals surface area contributed by atoms with E-state index in [0.717, 1.165) is 24.1 Å². The Hall–Kier alpha value is -1.45. The first kappa shape index (κ1) is 14.2. The Kier molecular flexibility index (Phi) is 3.24. The topological polar surface area (TPSA) is 19.4 Å². The summed E-state index contributed by atoms with van der Waals surface area (Å²) in [4.78, 5) is 9.75. The van der Waals surface area contributed by atoms with Gasteiger partial charge in [0.2, 0.25) is 0 Å². The third-order valence-corrected chi connectivity index (χ3v) is 5.33. The summed E-state index contributed by atoms with van der Waals surface area (Å²) in [6, 6.07) is 12.4. The van der Waals surface area contributed by atoms with Crippen molar-refractivity contribution in [2.75, 3.05) is 13.1 Å². The molecule has 0 radical (unpaired) electrons. The molecule has 3 heteroatoms. The van der Waals surface area contributed by atoms with Crippen molar-refractivity contribution in [1.82, 2.24) is 14.8 Å². The van der Waals surface area contributed by atoms with Crippen LogP contribution in [0.2, 0.25) is 0 Å². The fourth-order valence-corrected chi connectivity index (χ4v) is 3.93. The lowest BCUT2D eigenvalue weighted by molar-refractivity contribution is -0.0996. The second kappa shape index (κ2) is 5.04. The minimum Gasteiger partial charge on any atom is -0.295 e. The van der Waals surface area contributed by atoms with Crippen molar-refractivity contribution in [3.05, 3.63) is 42.1 Å². The molecule has 4 heterocycles. The summed E-state index contributed by atoms with van der Waals surface area (Å²) in [6.45, 7) is 10.5. The zero-order valence-corrected chi connectivity index (χ0v) is 13.8. The van der Waals surface area contributed by atoms with Gasteiger partial charge in [-0.25, -0.2) is 0 Å². The quantitative estimate of drug-likeness (QED) is 0.847. The molecule has 0 spiro atoms. The van der Waals surface area contributed by atoms with Crippen molar-refractivity contribution in [2.45, 2.75) is 51.4 Å². The normalized spacial score (nSPS) is 26.1. The van der Waals surface area contributed by atoms with Gasteiger partial charge in [-0.2, -0.15) is 0 Å². The zero-order valence-electron chi connectivity index (χ0n) is 13.8. The maximum absolute atomic E-state index is 4.41. The lowest BCUT2D eigenvalue weighted by Crippen LogP contribution is -2.70. The van der Waals surface area contributed by atoms with Crippen LogP contribution in [0.4, 0.5) is 0 Å². The maximum atomic E-state index is 4.41. The van der Waals surface area contributed by atoms with E-state index < -0.39 is 0 Å². The summed E-state index contributed by atoms with van der Waals surface area (Å²) in [7, 11) is 0. The van der Waals surface area contributed by atoms with E-state index in [1.165, 1.54) is 30.5 Å². The monoisotopic (exact) mass is 295 g/mol. The molecule has 3 aliphatic heterocycles. The third kappa shape index (κ3) is 2.42. The van der Waals surface area contributed by atoms with Gasteiger partial charge in [0.1, 0.15) is 0 Å². The van der Waals surface area contributed by atoms with E-state index in [4.69, 9.17) is 0 Å². The predicted octanol–water partition coefficient (Wildman–Crippen LogP) is 3.29. The van der Waals surface area contributed by atoms with Gasteiger partial charge in [-0.15, -0.1) is 0 Å². The minimum absolute atomic E-state index is 0.303. The Morgan fingerprint density at radius 2 is 1.91 bits per heavy atom. The van der Waals surface area contributed by atoms with Gasteiger partial charge in [0, 0.05) is 48.8 Å². The second-order valence-corrected chi connectivity index (χ2v) is 7.82. The lowest BCUT2D eigenvalue weighted by Gasteiger charge is -2.59. The molecule has 0 saturated carbocycles. The minimum atomic E-state index is 0.303. The molecule has 3 aliphatic rings. The van der Waals surface area contributed by atoms with Gasteiger partial charge in [-0.1, -0.05) is 12.1 Å². The molecule has 1 aromatic heterocycles.